The second-order valence-corrected chi connectivity index (χ2v) is 9.24. The lowest BCUT2D eigenvalue weighted by Gasteiger charge is -2.18. The van der Waals surface area contributed by atoms with E-state index in [4.69, 9.17) is 9.26 Å². The molecule has 2 aromatic carbocycles. The van der Waals surface area contributed by atoms with Crippen molar-refractivity contribution < 1.29 is 17.7 Å². The van der Waals surface area contributed by atoms with E-state index in [0.717, 1.165) is 16.7 Å². The van der Waals surface area contributed by atoms with E-state index in [9.17, 15) is 8.42 Å². The van der Waals surface area contributed by atoms with Crippen LogP contribution < -0.4 is 4.74 Å². The summed E-state index contributed by atoms with van der Waals surface area (Å²) in [6.45, 7) is 5.95. The van der Waals surface area contributed by atoms with Crippen molar-refractivity contribution in [3.63, 3.8) is 0 Å². The molecule has 0 radical (unpaired) electrons. The van der Waals surface area contributed by atoms with E-state index in [2.05, 4.69) is 10.1 Å². The first kappa shape index (κ1) is 21.0. The Labute approximate surface area is 171 Å². The summed E-state index contributed by atoms with van der Waals surface area (Å²) in [7, 11) is -0.667. The maximum Gasteiger partial charge on any atom is 0.243 e. The van der Waals surface area contributed by atoms with Crippen molar-refractivity contribution in [2.45, 2.75) is 38.1 Å². The molecule has 0 aliphatic heterocycles. The van der Waals surface area contributed by atoms with Gasteiger partial charge in [-0.1, -0.05) is 48.8 Å². The van der Waals surface area contributed by atoms with Crippen molar-refractivity contribution in [2.75, 3.05) is 14.2 Å². The lowest BCUT2D eigenvalue weighted by atomic mass is 10.0. The third kappa shape index (κ3) is 4.49. The topological polar surface area (TPSA) is 85.5 Å². The van der Waals surface area contributed by atoms with Gasteiger partial charge in [-0.25, -0.2) is 8.42 Å². The first-order valence-electron chi connectivity index (χ1n) is 9.26. The van der Waals surface area contributed by atoms with Crippen LogP contribution in [0.1, 0.15) is 36.8 Å². The summed E-state index contributed by atoms with van der Waals surface area (Å²) < 4.78 is 37.8. The van der Waals surface area contributed by atoms with Gasteiger partial charge in [0, 0.05) is 12.6 Å². The molecule has 0 saturated heterocycles. The molecule has 0 amide bonds. The molecule has 154 valence electrons. The second kappa shape index (κ2) is 8.34. The highest BCUT2D eigenvalue weighted by Crippen LogP contribution is 2.30. The van der Waals surface area contributed by atoms with Crippen LogP contribution in [0.5, 0.6) is 5.75 Å². The summed E-state index contributed by atoms with van der Waals surface area (Å²) in [4.78, 5) is 4.52. The number of sulfonamides is 1. The number of benzene rings is 2. The standard InChI is InChI=1S/C21H25N3O4S/c1-14(2)18-12-17(10-11-19(18)27-5)29(25,26)24(4)13-20-22-21(23-28-20)16-8-6-15(3)7-9-16/h6-12,14H,13H2,1-5H3. The lowest BCUT2D eigenvalue weighted by molar-refractivity contribution is 0.336. The van der Waals surface area contributed by atoms with Crippen LogP contribution in [0.15, 0.2) is 51.9 Å². The number of hydrogen-bond acceptors (Lipinski definition) is 6. The van der Waals surface area contributed by atoms with Crippen molar-refractivity contribution >= 4 is 10.0 Å². The Morgan fingerprint density at radius 2 is 1.83 bits per heavy atom. The molecule has 0 spiro atoms. The summed E-state index contributed by atoms with van der Waals surface area (Å²) in [6.07, 6.45) is 0. The van der Waals surface area contributed by atoms with Crippen LogP contribution in [0, 0.1) is 6.92 Å². The zero-order chi connectivity index (χ0) is 21.2. The molecule has 0 saturated carbocycles. The molecule has 1 heterocycles. The number of nitrogens with zero attached hydrogens (tertiary/aromatic N) is 3. The second-order valence-electron chi connectivity index (χ2n) is 7.20. The minimum absolute atomic E-state index is 0.0236. The average Bonchev–Trinajstić information content (AvgIpc) is 3.16. The van der Waals surface area contributed by atoms with E-state index < -0.39 is 10.0 Å². The number of ether oxygens (including phenoxy) is 1. The van der Waals surface area contributed by atoms with Gasteiger partial charge in [0.1, 0.15) is 5.75 Å². The predicted octanol–water partition coefficient (Wildman–Crippen LogP) is 4.00. The van der Waals surface area contributed by atoms with E-state index in [1.165, 1.54) is 11.4 Å². The lowest BCUT2D eigenvalue weighted by Crippen LogP contribution is -2.26. The highest BCUT2D eigenvalue weighted by atomic mass is 32.2. The van der Waals surface area contributed by atoms with Crippen LogP contribution in [0.25, 0.3) is 11.4 Å². The fraction of sp³-hybridized carbons (Fsp3) is 0.333. The summed E-state index contributed by atoms with van der Waals surface area (Å²) in [5.74, 6) is 1.45. The molecular weight excluding hydrogens is 390 g/mol. The summed E-state index contributed by atoms with van der Waals surface area (Å²) >= 11 is 0. The van der Waals surface area contributed by atoms with Gasteiger partial charge in [-0.15, -0.1) is 0 Å². The number of aryl methyl sites for hydroxylation is 1. The molecule has 0 N–H and O–H groups in total. The van der Waals surface area contributed by atoms with Gasteiger partial charge in [-0.2, -0.15) is 9.29 Å². The molecule has 0 bridgehead atoms. The number of aromatic nitrogens is 2. The van der Waals surface area contributed by atoms with Crippen LogP contribution in [0.4, 0.5) is 0 Å². The minimum atomic E-state index is -3.73. The molecule has 0 fully saturated rings. The Balaban J connectivity index is 1.82. The Morgan fingerprint density at radius 3 is 2.45 bits per heavy atom. The van der Waals surface area contributed by atoms with E-state index in [1.54, 1.807) is 25.3 Å². The van der Waals surface area contributed by atoms with Crippen LogP contribution in [-0.2, 0) is 16.6 Å². The van der Waals surface area contributed by atoms with Gasteiger partial charge < -0.3 is 9.26 Å². The van der Waals surface area contributed by atoms with Crippen LogP contribution >= 0.6 is 0 Å². The average molecular weight is 416 g/mol. The van der Waals surface area contributed by atoms with Gasteiger partial charge >= 0.3 is 0 Å². The van der Waals surface area contributed by atoms with Gasteiger partial charge in [-0.3, -0.25) is 0 Å². The zero-order valence-corrected chi connectivity index (χ0v) is 18.0. The fourth-order valence-corrected chi connectivity index (χ4v) is 4.07. The molecule has 1 aromatic heterocycles. The number of methoxy groups -OCH3 is 1. The molecule has 0 aliphatic rings. The number of rotatable bonds is 7. The molecule has 0 unspecified atom stereocenters. The van der Waals surface area contributed by atoms with Crippen molar-refractivity contribution in [1.29, 1.82) is 0 Å². The quantitative estimate of drug-likeness (QED) is 0.580. The van der Waals surface area contributed by atoms with E-state index in [1.807, 2.05) is 45.0 Å². The monoisotopic (exact) mass is 415 g/mol. The SMILES string of the molecule is COc1ccc(S(=O)(=O)N(C)Cc2nc(-c3ccc(C)cc3)no2)cc1C(C)C. The first-order chi connectivity index (χ1) is 13.7. The third-order valence-corrected chi connectivity index (χ3v) is 6.47. The fourth-order valence-electron chi connectivity index (χ4n) is 2.92. The predicted molar refractivity (Wildman–Crippen MR) is 110 cm³/mol. The Kier molecular flexibility index (Phi) is 6.04. The summed E-state index contributed by atoms with van der Waals surface area (Å²) in [5, 5.41) is 3.96. The largest absolute Gasteiger partial charge is 0.496 e. The third-order valence-electron chi connectivity index (χ3n) is 4.67. The molecule has 29 heavy (non-hydrogen) atoms. The Bertz CT molecular complexity index is 1090. The molecular formula is C21H25N3O4S. The molecule has 7 nitrogen and oxygen atoms in total. The van der Waals surface area contributed by atoms with Crippen LogP contribution in [0.2, 0.25) is 0 Å². The van der Waals surface area contributed by atoms with E-state index >= 15 is 0 Å². The minimum Gasteiger partial charge on any atom is -0.496 e. The van der Waals surface area contributed by atoms with Gasteiger partial charge in [0.05, 0.1) is 18.6 Å². The smallest absolute Gasteiger partial charge is 0.243 e. The highest BCUT2D eigenvalue weighted by molar-refractivity contribution is 7.89. The number of hydrogen-bond donors (Lipinski definition) is 0. The normalized spacial score (nSPS) is 12.0. The van der Waals surface area contributed by atoms with E-state index in [0.29, 0.717) is 11.6 Å². The molecule has 8 heteroatoms. The van der Waals surface area contributed by atoms with Crippen molar-refractivity contribution in [1.82, 2.24) is 14.4 Å². The maximum atomic E-state index is 13.0. The van der Waals surface area contributed by atoms with Crippen LogP contribution in [0.3, 0.4) is 0 Å². The van der Waals surface area contributed by atoms with E-state index in [-0.39, 0.29) is 23.2 Å². The molecule has 0 aliphatic carbocycles. The van der Waals surface area contributed by atoms with Gasteiger partial charge in [0.15, 0.2) is 0 Å². The van der Waals surface area contributed by atoms with Gasteiger partial charge in [0.25, 0.3) is 0 Å². The van der Waals surface area contributed by atoms with Gasteiger partial charge in [0.2, 0.25) is 21.7 Å². The molecule has 0 atom stereocenters. The Morgan fingerprint density at radius 1 is 1.14 bits per heavy atom. The van der Waals surface area contributed by atoms with Gasteiger partial charge in [-0.05, 0) is 36.6 Å². The maximum absolute atomic E-state index is 13.0. The summed E-state index contributed by atoms with van der Waals surface area (Å²) in [5.41, 5.74) is 2.78. The first-order valence-corrected chi connectivity index (χ1v) is 10.7. The summed E-state index contributed by atoms with van der Waals surface area (Å²) in [6, 6.07) is 12.6. The van der Waals surface area contributed by atoms with Crippen molar-refractivity contribution in [2.24, 2.45) is 0 Å². The highest BCUT2D eigenvalue weighted by Gasteiger charge is 2.25. The molecule has 3 aromatic rings. The zero-order valence-electron chi connectivity index (χ0n) is 17.2. The van der Waals surface area contributed by atoms with Crippen molar-refractivity contribution in [3.8, 4) is 17.1 Å². The Hall–Kier alpha value is -2.71. The molecule has 3 rings (SSSR count). The van der Waals surface area contributed by atoms with Crippen LogP contribution in [-0.4, -0.2) is 37.0 Å². The van der Waals surface area contributed by atoms with Crippen molar-refractivity contribution in [3.05, 3.63) is 59.5 Å².